The van der Waals surface area contributed by atoms with Gasteiger partial charge in [-0.15, -0.1) is 0 Å². The van der Waals surface area contributed by atoms with Crippen molar-refractivity contribution in [2.75, 3.05) is 4.90 Å². The molecule has 0 saturated heterocycles. The van der Waals surface area contributed by atoms with Crippen LogP contribution in [0.1, 0.15) is 92.3 Å². The summed E-state index contributed by atoms with van der Waals surface area (Å²) in [6.45, 7) is 9.65. The third-order valence-corrected chi connectivity index (χ3v) is 13.5. The summed E-state index contributed by atoms with van der Waals surface area (Å²) in [6.07, 6.45) is 9.15. The molecule has 0 saturated carbocycles. The number of rotatable bonds is 7. The van der Waals surface area contributed by atoms with E-state index < -0.39 is 5.41 Å². The molecule has 10 rings (SSSR count). The minimum Gasteiger partial charge on any atom is -0.310 e. The van der Waals surface area contributed by atoms with Crippen molar-refractivity contribution >= 4 is 16.9 Å². The standard InChI is InChI=1S/C57H51N/c1-55(2)36-37-56(3,4)53-38-42(30-34-52(53)55)40-28-31-45(32-29-40)58(54-27-17-15-24-47(54)41-18-8-5-9-19-41)46-33-35-51-49(39-46)48-25-14-16-26-50(48)57(51,43-20-10-6-11-21-43)44-22-12-7-13-23-44/h5-14,16-23,25-35,38-39H,15,24,36-37H2,1-4H3. The Labute approximate surface area is 345 Å². The summed E-state index contributed by atoms with van der Waals surface area (Å²) in [5.74, 6) is 0. The summed E-state index contributed by atoms with van der Waals surface area (Å²) in [7, 11) is 0. The van der Waals surface area contributed by atoms with Crippen LogP contribution in [0.2, 0.25) is 0 Å². The molecular formula is C57H51N. The number of hydrogen-bond donors (Lipinski definition) is 0. The minimum absolute atomic E-state index is 0.163. The molecule has 0 unspecified atom stereocenters. The molecular weight excluding hydrogens is 699 g/mol. The predicted octanol–water partition coefficient (Wildman–Crippen LogP) is 15.0. The van der Waals surface area contributed by atoms with Crippen molar-refractivity contribution in [2.24, 2.45) is 0 Å². The number of benzene rings is 7. The number of allylic oxidation sites excluding steroid dienone is 3. The first-order chi connectivity index (χ1) is 28.3. The van der Waals surface area contributed by atoms with Crippen LogP contribution in [0.4, 0.5) is 11.4 Å². The van der Waals surface area contributed by atoms with Crippen LogP contribution in [0.5, 0.6) is 0 Å². The Bertz CT molecular complexity index is 2660. The highest BCUT2D eigenvalue weighted by molar-refractivity contribution is 5.91. The Morgan fingerprint density at radius 3 is 1.67 bits per heavy atom. The van der Waals surface area contributed by atoms with Crippen LogP contribution < -0.4 is 4.90 Å². The highest BCUT2D eigenvalue weighted by Gasteiger charge is 2.46. The van der Waals surface area contributed by atoms with Crippen LogP contribution >= 0.6 is 0 Å². The highest BCUT2D eigenvalue weighted by Crippen LogP contribution is 2.57. The van der Waals surface area contributed by atoms with E-state index in [1.54, 1.807) is 0 Å². The molecule has 58 heavy (non-hydrogen) atoms. The molecule has 284 valence electrons. The lowest BCUT2D eigenvalue weighted by atomic mass is 9.63. The monoisotopic (exact) mass is 749 g/mol. The molecule has 0 fully saturated rings. The van der Waals surface area contributed by atoms with Gasteiger partial charge in [-0.05, 0) is 134 Å². The molecule has 0 aliphatic heterocycles. The van der Waals surface area contributed by atoms with Crippen LogP contribution in [0.25, 0.3) is 27.8 Å². The molecule has 0 heterocycles. The number of hydrogen-bond acceptors (Lipinski definition) is 1. The van der Waals surface area contributed by atoms with Gasteiger partial charge in [-0.1, -0.05) is 185 Å². The molecule has 7 aromatic carbocycles. The Kier molecular flexibility index (Phi) is 8.75. The lowest BCUT2D eigenvalue weighted by Crippen LogP contribution is -2.33. The Balaban J connectivity index is 1.16. The smallest absolute Gasteiger partial charge is 0.0713 e. The predicted molar refractivity (Wildman–Crippen MR) is 245 cm³/mol. The SMILES string of the molecule is CC1(C)CCC(C)(C)c2cc(-c3ccc(N(C4=C(c5ccccc5)CCC=C4)c4ccc5c(c4)-c4ccccc4C5(c4ccccc4)c4ccccc4)cc3)ccc21. The number of anilines is 2. The number of nitrogens with zero attached hydrogens (tertiary/aromatic N) is 1. The molecule has 0 atom stereocenters. The zero-order valence-electron chi connectivity index (χ0n) is 34.2. The molecule has 0 radical (unpaired) electrons. The summed E-state index contributed by atoms with van der Waals surface area (Å²) in [5, 5.41) is 0. The van der Waals surface area contributed by atoms with Gasteiger partial charge in [0.25, 0.3) is 0 Å². The van der Waals surface area contributed by atoms with Crippen molar-refractivity contribution in [1.29, 1.82) is 0 Å². The summed E-state index contributed by atoms with van der Waals surface area (Å²) < 4.78 is 0. The van der Waals surface area contributed by atoms with Gasteiger partial charge < -0.3 is 4.90 Å². The second-order valence-electron chi connectivity index (χ2n) is 17.8. The van der Waals surface area contributed by atoms with Gasteiger partial charge in [0.2, 0.25) is 0 Å². The van der Waals surface area contributed by atoms with Gasteiger partial charge >= 0.3 is 0 Å². The van der Waals surface area contributed by atoms with Crippen molar-refractivity contribution in [2.45, 2.75) is 69.6 Å². The molecule has 3 aliphatic rings. The first-order valence-corrected chi connectivity index (χ1v) is 21.1. The Morgan fingerprint density at radius 1 is 0.431 bits per heavy atom. The first kappa shape index (κ1) is 36.2. The van der Waals surface area contributed by atoms with Gasteiger partial charge in [0, 0.05) is 17.1 Å². The summed E-state index contributed by atoms with van der Waals surface area (Å²) in [6, 6.07) is 66.0. The fourth-order valence-electron chi connectivity index (χ4n) is 10.4. The fraction of sp³-hybridized carbons (Fsp3) is 0.193. The van der Waals surface area contributed by atoms with E-state index in [4.69, 9.17) is 0 Å². The summed E-state index contributed by atoms with van der Waals surface area (Å²) >= 11 is 0. The van der Waals surface area contributed by atoms with Gasteiger partial charge in [0.05, 0.1) is 5.41 Å². The topological polar surface area (TPSA) is 3.24 Å². The van der Waals surface area contributed by atoms with Crippen molar-refractivity contribution < 1.29 is 0 Å². The largest absolute Gasteiger partial charge is 0.310 e. The maximum Gasteiger partial charge on any atom is 0.0713 e. The average Bonchev–Trinajstić information content (AvgIpc) is 3.57. The third kappa shape index (κ3) is 5.82. The molecule has 3 aliphatic carbocycles. The molecule has 1 heteroatoms. The van der Waals surface area contributed by atoms with Crippen molar-refractivity contribution in [1.82, 2.24) is 0 Å². The quantitative estimate of drug-likeness (QED) is 0.157. The molecule has 0 aromatic heterocycles. The van der Waals surface area contributed by atoms with E-state index in [0.717, 1.165) is 24.2 Å². The van der Waals surface area contributed by atoms with E-state index in [9.17, 15) is 0 Å². The highest BCUT2D eigenvalue weighted by atomic mass is 15.1. The van der Waals surface area contributed by atoms with Gasteiger partial charge in [-0.25, -0.2) is 0 Å². The lowest BCUT2D eigenvalue weighted by molar-refractivity contribution is 0.332. The zero-order valence-corrected chi connectivity index (χ0v) is 34.2. The molecule has 0 spiro atoms. The fourth-order valence-corrected chi connectivity index (χ4v) is 10.4. The maximum absolute atomic E-state index is 2.51. The van der Waals surface area contributed by atoms with Crippen LogP contribution in [-0.4, -0.2) is 0 Å². The van der Waals surface area contributed by atoms with Crippen LogP contribution in [-0.2, 0) is 16.2 Å². The molecule has 7 aromatic rings. The normalized spacial score (nSPS) is 17.0. The van der Waals surface area contributed by atoms with E-state index in [1.165, 1.54) is 85.3 Å². The number of fused-ring (bicyclic) bond motifs is 4. The van der Waals surface area contributed by atoms with Gasteiger partial charge in [0.1, 0.15) is 0 Å². The lowest BCUT2D eigenvalue weighted by Gasteiger charge is -2.42. The van der Waals surface area contributed by atoms with Crippen LogP contribution in [0.3, 0.4) is 0 Å². The molecule has 0 bridgehead atoms. The van der Waals surface area contributed by atoms with E-state index in [1.807, 2.05) is 0 Å². The van der Waals surface area contributed by atoms with Crippen molar-refractivity contribution in [3.8, 4) is 22.3 Å². The summed E-state index contributed by atoms with van der Waals surface area (Å²) in [5.41, 5.74) is 19.4. The zero-order chi connectivity index (χ0) is 39.5. The molecule has 1 nitrogen and oxygen atoms in total. The van der Waals surface area contributed by atoms with Gasteiger partial charge in [-0.2, -0.15) is 0 Å². The van der Waals surface area contributed by atoms with Gasteiger partial charge in [-0.3, -0.25) is 0 Å². The second kappa shape index (κ2) is 14.0. The molecule has 0 N–H and O–H groups in total. The van der Waals surface area contributed by atoms with E-state index in [0.29, 0.717) is 0 Å². The Morgan fingerprint density at radius 2 is 0.983 bits per heavy atom. The second-order valence-corrected chi connectivity index (χ2v) is 17.8. The average molecular weight is 750 g/mol. The maximum atomic E-state index is 2.51. The van der Waals surface area contributed by atoms with Crippen LogP contribution in [0, 0.1) is 0 Å². The minimum atomic E-state index is -0.433. The summed E-state index contributed by atoms with van der Waals surface area (Å²) in [4.78, 5) is 2.51. The van der Waals surface area contributed by atoms with E-state index >= 15 is 0 Å². The van der Waals surface area contributed by atoms with E-state index in [-0.39, 0.29) is 10.8 Å². The molecule has 0 amide bonds. The third-order valence-electron chi connectivity index (χ3n) is 13.5. The van der Waals surface area contributed by atoms with Gasteiger partial charge in [0.15, 0.2) is 0 Å². The van der Waals surface area contributed by atoms with Crippen molar-refractivity contribution in [3.63, 3.8) is 0 Å². The van der Waals surface area contributed by atoms with Crippen LogP contribution in [0.15, 0.2) is 194 Å². The first-order valence-electron chi connectivity index (χ1n) is 21.1. The van der Waals surface area contributed by atoms with E-state index in [2.05, 4.69) is 221 Å². The van der Waals surface area contributed by atoms with Crippen molar-refractivity contribution in [3.05, 3.63) is 233 Å². The Hall–Kier alpha value is -6.18.